The predicted octanol–water partition coefficient (Wildman–Crippen LogP) is 6.48. The number of ketones is 1. The molecule has 4 aromatic carbocycles. The maximum Gasteiger partial charge on any atom is 0.201 e. The van der Waals surface area contributed by atoms with Crippen molar-refractivity contribution in [2.24, 2.45) is 0 Å². The lowest BCUT2D eigenvalue weighted by molar-refractivity contribution is 0.102. The molecule has 1 aliphatic carbocycles. The van der Waals surface area contributed by atoms with E-state index in [1.165, 1.54) is 26.4 Å². The Morgan fingerprint density at radius 2 is 1.39 bits per heavy atom. The molecule has 8 heteroatoms. The predicted molar refractivity (Wildman–Crippen MR) is 146 cm³/mol. The van der Waals surface area contributed by atoms with E-state index in [0.29, 0.717) is 44.9 Å². The molecule has 3 N–H and O–H groups in total. The number of fused-ring (bicyclic) bond motifs is 3. The van der Waals surface area contributed by atoms with Crippen molar-refractivity contribution in [3.05, 3.63) is 69.2 Å². The second kappa shape index (κ2) is 8.74. The molecule has 196 valence electrons. The summed E-state index contributed by atoms with van der Waals surface area (Å²) >= 11 is 6.61. The number of ether oxygens (including phenoxy) is 3. The fourth-order valence-electron chi connectivity index (χ4n) is 5.51. The van der Waals surface area contributed by atoms with Gasteiger partial charge in [0.25, 0.3) is 0 Å². The highest BCUT2D eigenvalue weighted by molar-refractivity contribution is 6.38. The highest BCUT2D eigenvalue weighted by Crippen LogP contribution is 2.54. The Bertz CT molecular complexity index is 1670. The van der Waals surface area contributed by atoms with Crippen LogP contribution in [0.1, 0.15) is 46.5 Å². The van der Waals surface area contributed by atoms with Gasteiger partial charge in [-0.25, -0.2) is 0 Å². The summed E-state index contributed by atoms with van der Waals surface area (Å²) < 4.78 is 16.3. The molecule has 38 heavy (non-hydrogen) atoms. The van der Waals surface area contributed by atoms with Crippen LogP contribution >= 0.6 is 11.6 Å². The van der Waals surface area contributed by atoms with Gasteiger partial charge in [-0.1, -0.05) is 25.4 Å². The van der Waals surface area contributed by atoms with Crippen LogP contribution in [0.2, 0.25) is 5.02 Å². The number of hydrogen-bond donors (Lipinski definition) is 3. The van der Waals surface area contributed by atoms with Gasteiger partial charge in [0.15, 0.2) is 0 Å². The summed E-state index contributed by atoms with van der Waals surface area (Å²) in [7, 11) is 4.54. The normalized spacial score (nSPS) is 13.7. The summed E-state index contributed by atoms with van der Waals surface area (Å²) in [5, 5.41) is 34.1. The van der Waals surface area contributed by atoms with Gasteiger partial charge in [-0.3, -0.25) is 4.79 Å². The van der Waals surface area contributed by atoms with E-state index in [1.54, 1.807) is 31.4 Å². The van der Waals surface area contributed by atoms with Crippen LogP contribution < -0.4 is 14.2 Å². The Kier molecular flexibility index (Phi) is 5.87. The van der Waals surface area contributed by atoms with Crippen LogP contribution in [0.3, 0.4) is 0 Å². The molecule has 1 aliphatic rings. The van der Waals surface area contributed by atoms with E-state index in [2.05, 4.69) is 0 Å². The highest BCUT2D eigenvalue weighted by Gasteiger charge is 2.42. The second-order valence-electron chi connectivity index (χ2n) is 9.87. The van der Waals surface area contributed by atoms with Crippen LogP contribution in [0.5, 0.6) is 34.5 Å². The van der Waals surface area contributed by atoms with Crippen molar-refractivity contribution in [3.63, 3.8) is 0 Å². The van der Waals surface area contributed by atoms with Crippen molar-refractivity contribution in [3.8, 4) is 45.6 Å². The molecule has 0 saturated carbocycles. The molecule has 0 amide bonds. The van der Waals surface area contributed by atoms with Crippen LogP contribution in [-0.2, 0) is 5.41 Å². The van der Waals surface area contributed by atoms with Crippen LogP contribution in [0.15, 0.2) is 36.4 Å². The third-order valence-corrected chi connectivity index (χ3v) is 7.84. The minimum Gasteiger partial charge on any atom is -0.507 e. The van der Waals surface area contributed by atoms with E-state index in [4.69, 9.17) is 25.8 Å². The van der Waals surface area contributed by atoms with Crippen molar-refractivity contribution < 1.29 is 34.3 Å². The average molecular weight is 535 g/mol. The lowest BCUT2D eigenvalue weighted by atomic mass is 9.67. The van der Waals surface area contributed by atoms with Gasteiger partial charge in [-0.2, -0.15) is 0 Å². The Labute approximate surface area is 224 Å². The van der Waals surface area contributed by atoms with Crippen molar-refractivity contribution in [1.82, 2.24) is 0 Å². The Hall–Kier alpha value is -4.10. The zero-order valence-electron chi connectivity index (χ0n) is 21.8. The summed E-state index contributed by atoms with van der Waals surface area (Å²) in [6.45, 7) is 5.62. The molecule has 0 aliphatic heterocycles. The van der Waals surface area contributed by atoms with Gasteiger partial charge in [0.1, 0.15) is 34.5 Å². The van der Waals surface area contributed by atoms with E-state index < -0.39 is 11.2 Å². The summed E-state index contributed by atoms with van der Waals surface area (Å²) in [5.74, 6) is 0.170. The van der Waals surface area contributed by atoms with Crippen LogP contribution in [0, 0.1) is 6.92 Å². The minimum atomic E-state index is -0.834. The van der Waals surface area contributed by atoms with Crippen LogP contribution in [0.25, 0.3) is 21.9 Å². The number of carbonyl (C=O) groups is 1. The zero-order valence-corrected chi connectivity index (χ0v) is 22.6. The molecule has 0 radical (unpaired) electrons. The first-order chi connectivity index (χ1) is 18.0. The molecule has 5 rings (SSSR count). The number of halogens is 1. The quantitative estimate of drug-likeness (QED) is 0.275. The molecule has 0 aromatic heterocycles. The zero-order chi connectivity index (χ0) is 27.7. The molecular weight excluding hydrogens is 508 g/mol. The first kappa shape index (κ1) is 25.5. The minimum absolute atomic E-state index is 0.0366. The van der Waals surface area contributed by atoms with E-state index in [1.807, 2.05) is 20.8 Å². The molecule has 0 heterocycles. The van der Waals surface area contributed by atoms with Gasteiger partial charge >= 0.3 is 0 Å². The molecule has 0 saturated heterocycles. The number of rotatable bonds is 4. The Morgan fingerprint density at radius 1 is 0.763 bits per heavy atom. The number of carbonyl (C=O) groups excluding carboxylic acids is 1. The van der Waals surface area contributed by atoms with Gasteiger partial charge in [0, 0.05) is 39.4 Å². The first-order valence-corrected chi connectivity index (χ1v) is 12.2. The SMILES string of the molecule is COc1cc(C)c(-c2cc(O)c(Cl)c3cc4c(c(O)c23)C(=O)c2c(O)cc(OC)cc2C4(C)C)c(OC)c1. The lowest BCUT2D eigenvalue weighted by Gasteiger charge is -2.35. The number of aryl methyl sites for hydroxylation is 1. The van der Waals surface area contributed by atoms with E-state index >= 15 is 0 Å². The molecular formula is C30H27ClO7. The third kappa shape index (κ3) is 3.45. The number of hydrogen-bond acceptors (Lipinski definition) is 7. The standard InChI is InChI=1S/C30H27ClO7/c1-13-7-14(36-4)10-22(38-6)23(13)16-12-21(33)27(31)17-11-19-26(28(34)24(16)17)29(35)25-18(30(19,2)3)8-15(37-5)9-20(25)32/h7-12,32-34H,1-6H3. The third-order valence-electron chi connectivity index (χ3n) is 7.44. The van der Waals surface area contributed by atoms with E-state index in [-0.39, 0.29) is 38.8 Å². The van der Waals surface area contributed by atoms with Crippen molar-refractivity contribution >= 4 is 28.2 Å². The number of phenols is 3. The van der Waals surface area contributed by atoms with Gasteiger partial charge in [-0.15, -0.1) is 0 Å². The van der Waals surface area contributed by atoms with Crippen molar-refractivity contribution in [2.45, 2.75) is 26.2 Å². The van der Waals surface area contributed by atoms with Crippen LogP contribution in [-0.4, -0.2) is 42.4 Å². The molecule has 0 atom stereocenters. The molecule has 0 unspecified atom stereocenters. The topological polar surface area (TPSA) is 105 Å². The molecule has 0 spiro atoms. The second-order valence-corrected chi connectivity index (χ2v) is 10.3. The van der Waals surface area contributed by atoms with Gasteiger partial charge in [0.2, 0.25) is 5.78 Å². The number of aromatic hydroxyl groups is 3. The monoisotopic (exact) mass is 534 g/mol. The Balaban J connectivity index is 1.93. The summed E-state index contributed by atoms with van der Waals surface area (Å²) in [4.78, 5) is 13.9. The maximum atomic E-state index is 13.9. The fraction of sp³-hybridized carbons (Fsp3) is 0.233. The molecule has 7 nitrogen and oxygen atoms in total. The fourth-order valence-corrected chi connectivity index (χ4v) is 5.72. The summed E-state index contributed by atoms with van der Waals surface area (Å²) in [6.07, 6.45) is 0. The van der Waals surface area contributed by atoms with Crippen LogP contribution in [0.4, 0.5) is 0 Å². The van der Waals surface area contributed by atoms with Gasteiger partial charge in [-0.05, 0) is 47.9 Å². The lowest BCUT2D eigenvalue weighted by Crippen LogP contribution is -2.30. The summed E-state index contributed by atoms with van der Waals surface area (Å²) in [6, 6.07) is 9.76. The van der Waals surface area contributed by atoms with Crippen molar-refractivity contribution in [1.29, 1.82) is 0 Å². The maximum absolute atomic E-state index is 13.9. The average Bonchev–Trinajstić information content (AvgIpc) is 2.88. The molecule has 4 aromatic rings. The number of phenolic OH excluding ortho intramolecular Hbond substituents is 3. The smallest absolute Gasteiger partial charge is 0.201 e. The van der Waals surface area contributed by atoms with E-state index in [9.17, 15) is 20.1 Å². The Morgan fingerprint density at radius 3 is 2.03 bits per heavy atom. The van der Waals surface area contributed by atoms with Crippen molar-refractivity contribution in [2.75, 3.05) is 21.3 Å². The highest BCUT2D eigenvalue weighted by atomic mass is 35.5. The van der Waals surface area contributed by atoms with E-state index in [0.717, 1.165) is 5.56 Å². The number of benzene rings is 4. The number of methoxy groups -OCH3 is 3. The van der Waals surface area contributed by atoms with Gasteiger partial charge in [0.05, 0.1) is 37.5 Å². The molecule has 0 fully saturated rings. The summed E-state index contributed by atoms with van der Waals surface area (Å²) in [5.41, 5.74) is 2.15. The van der Waals surface area contributed by atoms with Gasteiger partial charge < -0.3 is 29.5 Å². The molecule has 0 bridgehead atoms. The largest absolute Gasteiger partial charge is 0.507 e. The first-order valence-electron chi connectivity index (χ1n) is 11.9.